The van der Waals surface area contributed by atoms with Crippen LogP contribution in [0.5, 0.6) is 0 Å². The minimum Gasteiger partial charge on any atom is -0.452 e. The van der Waals surface area contributed by atoms with Gasteiger partial charge in [-0.1, -0.05) is 42.5 Å². The average molecular weight is 329 g/mol. The van der Waals surface area contributed by atoms with E-state index in [0.29, 0.717) is 5.56 Å². The number of halogens is 1. The van der Waals surface area contributed by atoms with Crippen molar-refractivity contribution in [2.75, 3.05) is 0 Å². The van der Waals surface area contributed by atoms with Crippen LogP contribution in [-0.2, 0) is 20.7 Å². The summed E-state index contributed by atoms with van der Waals surface area (Å²) in [5.74, 6) is -1.26. The Morgan fingerprint density at radius 2 is 1.67 bits per heavy atom. The highest BCUT2D eigenvalue weighted by atomic mass is 19.1. The van der Waals surface area contributed by atoms with Crippen molar-refractivity contribution in [1.29, 1.82) is 0 Å². The summed E-state index contributed by atoms with van der Waals surface area (Å²) in [6, 6.07) is 14.9. The number of esters is 1. The first-order valence-corrected chi connectivity index (χ1v) is 7.75. The molecule has 5 heteroatoms. The third-order valence-electron chi connectivity index (χ3n) is 3.60. The van der Waals surface area contributed by atoms with Crippen LogP contribution in [0.25, 0.3) is 0 Å². The van der Waals surface area contributed by atoms with Gasteiger partial charge in [0.1, 0.15) is 5.82 Å². The molecule has 2 rings (SSSR count). The minimum atomic E-state index is -0.899. The van der Waals surface area contributed by atoms with Crippen molar-refractivity contribution in [3.05, 3.63) is 71.5 Å². The second kappa shape index (κ2) is 8.24. The van der Waals surface area contributed by atoms with Crippen molar-refractivity contribution >= 4 is 11.9 Å². The Morgan fingerprint density at radius 3 is 2.29 bits per heavy atom. The summed E-state index contributed by atoms with van der Waals surface area (Å²) in [7, 11) is 0. The van der Waals surface area contributed by atoms with Crippen LogP contribution in [0.1, 0.15) is 31.0 Å². The third kappa shape index (κ3) is 5.19. The van der Waals surface area contributed by atoms with Gasteiger partial charge in [-0.15, -0.1) is 0 Å². The first-order chi connectivity index (χ1) is 11.5. The molecule has 2 aromatic carbocycles. The predicted molar refractivity (Wildman–Crippen MR) is 88.7 cm³/mol. The lowest BCUT2D eigenvalue weighted by molar-refractivity contribution is -0.154. The molecule has 0 spiro atoms. The first-order valence-electron chi connectivity index (χ1n) is 7.75. The van der Waals surface area contributed by atoms with E-state index in [9.17, 15) is 14.0 Å². The van der Waals surface area contributed by atoms with Crippen molar-refractivity contribution in [2.45, 2.75) is 32.4 Å². The number of ether oxygens (including phenoxy) is 1. The molecule has 0 aliphatic carbocycles. The van der Waals surface area contributed by atoms with E-state index in [-0.39, 0.29) is 24.2 Å². The number of carbonyl (C=O) groups is 2. The van der Waals surface area contributed by atoms with Crippen LogP contribution in [0, 0.1) is 5.82 Å². The summed E-state index contributed by atoms with van der Waals surface area (Å²) in [5, 5.41) is 2.81. The monoisotopic (exact) mass is 329 g/mol. The van der Waals surface area contributed by atoms with E-state index in [1.807, 2.05) is 37.3 Å². The van der Waals surface area contributed by atoms with Gasteiger partial charge in [0, 0.05) is 0 Å². The molecule has 4 nitrogen and oxygen atoms in total. The Morgan fingerprint density at radius 1 is 1.04 bits per heavy atom. The Balaban J connectivity index is 1.84. The summed E-state index contributed by atoms with van der Waals surface area (Å²) >= 11 is 0. The summed E-state index contributed by atoms with van der Waals surface area (Å²) in [5.41, 5.74) is 1.60. The van der Waals surface area contributed by atoms with Crippen molar-refractivity contribution in [1.82, 2.24) is 5.32 Å². The van der Waals surface area contributed by atoms with Gasteiger partial charge in [0.25, 0.3) is 5.91 Å². The Bertz CT molecular complexity index is 686. The number of rotatable bonds is 6. The van der Waals surface area contributed by atoms with E-state index in [1.54, 1.807) is 0 Å². The lowest BCUT2D eigenvalue weighted by Gasteiger charge is -2.18. The molecule has 126 valence electrons. The smallest absolute Gasteiger partial charge is 0.311 e. The van der Waals surface area contributed by atoms with Crippen molar-refractivity contribution in [3.8, 4) is 0 Å². The van der Waals surface area contributed by atoms with Crippen molar-refractivity contribution in [3.63, 3.8) is 0 Å². The quantitative estimate of drug-likeness (QED) is 0.828. The first kappa shape index (κ1) is 17.7. The molecule has 2 atom stereocenters. The van der Waals surface area contributed by atoms with E-state index in [1.165, 1.54) is 31.2 Å². The average Bonchev–Trinajstić information content (AvgIpc) is 2.57. The molecule has 0 radical (unpaired) electrons. The highest BCUT2D eigenvalue weighted by Crippen LogP contribution is 2.12. The molecule has 0 aliphatic rings. The predicted octanol–water partition coefficient (Wildman–Crippen LogP) is 3.18. The standard InChI is InChI=1S/C19H20FNO3/c1-13(16-6-4-3-5-7-16)21-19(23)14(2)24-18(22)12-15-8-10-17(20)11-9-15/h3-11,13-14H,12H2,1-2H3,(H,21,23). The van der Waals surface area contributed by atoms with Crippen LogP contribution in [-0.4, -0.2) is 18.0 Å². The van der Waals surface area contributed by atoms with Gasteiger partial charge in [-0.3, -0.25) is 9.59 Å². The molecular formula is C19H20FNO3. The van der Waals surface area contributed by atoms with Crippen LogP contribution < -0.4 is 5.32 Å². The van der Waals surface area contributed by atoms with Crippen LogP contribution in [0.4, 0.5) is 4.39 Å². The molecule has 24 heavy (non-hydrogen) atoms. The maximum atomic E-state index is 12.8. The van der Waals surface area contributed by atoms with E-state index >= 15 is 0 Å². The zero-order valence-electron chi connectivity index (χ0n) is 13.7. The highest BCUT2D eigenvalue weighted by molar-refractivity contribution is 5.84. The summed E-state index contributed by atoms with van der Waals surface area (Å²) in [4.78, 5) is 24.0. The van der Waals surface area contributed by atoms with Gasteiger partial charge in [0.15, 0.2) is 6.10 Å². The van der Waals surface area contributed by atoms with Gasteiger partial charge in [0.05, 0.1) is 12.5 Å². The molecule has 0 fully saturated rings. The SMILES string of the molecule is CC(OC(=O)Cc1ccc(F)cc1)C(=O)NC(C)c1ccccc1. The zero-order valence-corrected chi connectivity index (χ0v) is 13.7. The molecular weight excluding hydrogens is 309 g/mol. The Hall–Kier alpha value is -2.69. The zero-order chi connectivity index (χ0) is 17.5. The van der Waals surface area contributed by atoms with Gasteiger partial charge in [-0.25, -0.2) is 4.39 Å². The highest BCUT2D eigenvalue weighted by Gasteiger charge is 2.20. The lowest BCUT2D eigenvalue weighted by Crippen LogP contribution is -2.37. The second-order valence-electron chi connectivity index (χ2n) is 5.58. The molecule has 0 saturated carbocycles. The Kier molecular flexibility index (Phi) is 6.07. The normalized spacial score (nSPS) is 13.0. The largest absolute Gasteiger partial charge is 0.452 e. The molecule has 0 bridgehead atoms. The van der Waals surface area contributed by atoms with Gasteiger partial charge >= 0.3 is 5.97 Å². The van der Waals surface area contributed by atoms with Crippen LogP contribution in [0.3, 0.4) is 0 Å². The molecule has 0 aliphatic heterocycles. The lowest BCUT2D eigenvalue weighted by atomic mass is 10.1. The van der Waals surface area contributed by atoms with E-state index in [4.69, 9.17) is 4.74 Å². The van der Waals surface area contributed by atoms with Crippen LogP contribution in [0.15, 0.2) is 54.6 Å². The van der Waals surface area contributed by atoms with Crippen LogP contribution in [0.2, 0.25) is 0 Å². The Labute approximate surface area is 140 Å². The molecule has 1 N–H and O–H groups in total. The molecule has 0 saturated heterocycles. The maximum absolute atomic E-state index is 12.8. The molecule has 2 unspecified atom stereocenters. The number of nitrogens with one attached hydrogen (secondary N) is 1. The number of carbonyl (C=O) groups excluding carboxylic acids is 2. The number of benzene rings is 2. The molecule has 0 heterocycles. The summed E-state index contributed by atoms with van der Waals surface area (Å²) in [6.45, 7) is 3.38. The van der Waals surface area contributed by atoms with Crippen molar-refractivity contribution < 1.29 is 18.7 Å². The number of hydrogen-bond donors (Lipinski definition) is 1. The fraction of sp³-hybridized carbons (Fsp3) is 0.263. The van der Waals surface area contributed by atoms with Crippen LogP contribution >= 0.6 is 0 Å². The number of amides is 1. The minimum absolute atomic E-state index is 0.00780. The molecule has 1 amide bonds. The van der Waals surface area contributed by atoms with Crippen molar-refractivity contribution in [2.24, 2.45) is 0 Å². The van der Waals surface area contributed by atoms with Gasteiger partial charge < -0.3 is 10.1 Å². The second-order valence-corrected chi connectivity index (χ2v) is 5.58. The molecule has 0 aromatic heterocycles. The molecule has 2 aromatic rings. The van der Waals surface area contributed by atoms with Gasteiger partial charge in [-0.2, -0.15) is 0 Å². The topological polar surface area (TPSA) is 55.4 Å². The van der Waals surface area contributed by atoms with E-state index in [0.717, 1.165) is 5.56 Å². The third-order valence-corrected chi connectivity index (χ3v) is 3.60. The fourth-order valence-electron chi connectivity index (χ4n) is 2.22. The van der Waals surface area contributed by atoms with Gasteiger partial charge in [-0.05, 0) is 37.1 Å². The summed E-state index contributed by atoms with van der Waals surface area (Å²) in [6.07, 6.45) is -0.907. The fourth-order valence-corrected chi connectivity index (χ4v) is 2.22. The van der Waals surface area contributed by atoms with E-state index < -0.39 is 12.1 Å². The summed E-state index contributed by atoms with van der Waals surface area (Å²) < 4.78 is 18.0. The van der Waals surface area contributed by atoms with E-state index in [2.05, 4.69) is 5.32 Å². The maximum Gasteiger partial charge on any atom is 0.311 e. The van der Waals surface area contributed by atoms with Gasteiger partial charge in [0.2, 0.25) is 0 Å². The number of hydrogen-bond acceptors (Lipinski definition) is 3.